The van der Waals surface area contributed by atoms with Crippen LogP contribution >= 0.6 is 11.6 Å². The summed E-state index contributed by atoms with van der Waals surface area (Å²) >= 11 is 5.56. The van der Waals surface area contributed by atoms with Crippen LogP contribution in [-0.2, 0) is 0 Å². The summed E-state index contributed by atoms with van der Waals surface area (Å²) in [6.07, 6.45) is 0. The van der Waals surface area contributed by atoms with E-state index in [4.69, 9.17) is 11.6 Å². The molecule has 0 aliphatic rings. The molecule has 20 heavy (non-hydrogen) atoms. The van der Waals surface area contributed by atoms with Crippen LogP contribution in [0.5, 0.6) is 0 Å². The van der Waals surface area contributed by atoms with Crippen LogP contribution in [0.2, 0.25) is 5.28 Å². The van der Waals surface area contributed by atoms with Crippen LogP contribution in [0.3, 0.4) is 0 Å². The van der Waals surface area contributed by atoms with E-state index in [0.29, 0.717) is 6.07 Å². The van der Waals surface area contributed by atoms with E-state index in [2.05, 4.69) is 9.97 Å². The lowest BCUT2D eigenvalue weighted by Crippen LogP contribution is -2.03. The molecular weight excluding hydrogens is 299 g/mol. The Hall–Kier alpha value is -2.22. The molecule has 0 unspecified atom stereocenters. The number of nitro groups is 1. The Morgan fingerprint density at radius 1 is 1.20 bits per heavy atom. The van der Waals surface area contributed by atoms with Crippen molar-refractivity contribution in [3.8, 4) is 11.3 Å². The van der Waals surface area contributed by atoms with E-state index in [9.17, 15) is 23.3 Å². The minimum absolute atomic E-state index is 0.117. The van der Waals surface area contributed by atoms with Crippen LogP contribution in [0.1, 0.15) is 5.69 Å². The average molecular weight is 304 g/mol. The summed E-state index contributed by atoms with van der Waals surface area (Å²) in [5, 5.41) is 10.6. The molecule has 5 nitrogen and oxygen atoms in total. The predicted octanol–water partition coefficient (Wildman–Crippen LogP) is 3.43. The van der Waals surface area contributed by atoms with Gasteiger partial charge in [-0.1, -0.05) is 0 Å². The van der Waals surface area contributed by atoms with Crippen molar-refractivity contribution >= 4 is 17.3 Å². The Morgan fingerprint density at radius 2 is 1.85 bits per heavy atom. The van der Waals surface area contributed by atoms with Crippen molar-refractivity contribution in [2.24, 2.45) is 0 Å². The molecule has 0 aliphatic heterocycles. The van der Waals surface area contributed by atoms with Crippen LogP contribution in [0.15, 0.2) is 12.1 Å². The van der Waals surface area contributed by atoms with Gasteiger partial charge in [0.15, 0.2) is 23.1 Å². The van der Waals surface area contributed by atoms with Gasteiger partial charge in [-0.2, -0.15) is 0 Å². The Kier molecular flexibility index (Phi) is 3.58. The molecule has 0 atom stereocenters. The summed E-state index contributed by atoms with van der Waals surface area (Å²) in [7, 11) is 0. The molecule has 1 aromatic heterocycles. The number of nitrogens with zero attached hydrogens (tertiary/aromatic N) is 3. The van der Waals surface area contributed by atoms with Crippen molar-refractivity contribution < 1.29 is 18.1 Å². The number of aromatic nitrogens is 2. The highest BCUT2D eigenvalue weighted by Gasteiger charge is 2.27. The summed E-state index contributed by atoms with van der Waals surface area (Å²) in [6, 6.07) is 1.49. The molecule has 0 saturated carbocycles. The molecule has 0 N–H and O–H groups in total. The third kappa shape index (κ3) is 2.29. The van der Waals surface area contributed by atoms with Gasteiger partial charge in [-0.05, 0) is 30.7 Å². The van der Waals surface area contributed by atoms with Crippen LogP contribution in [-0.4, -0.2) is 14.9 Å². The SMILES string of the molecule is Cc1nc(Cl)nc(-c2ccc(F)c(F)c2F)c1[N+](=O)[O-]. The Labute approximate surface area is 115 Å². The number of benzene rings is 1. The maximum absolute atomic E-state index is 13.7. The number of rotatable bonds is 2. The summed E-state index contributed by atoms with van der Waals surface area (Å²) < 4.78 is 39.8. The molecule has 2 rings (SSSR count). The van der Waals surface area contributed by atoms with Crippen molar-refractivity contribution in [3.63, 3.8) is 0 Å². The molecule has 0 spiro atoms. The quantitative estimate of drug-likeness (QED) is 0.369. The maximum Gasteiger partial charge on any atom is 0.316 e. The number of hydrogen-bond acceptors (Lipinski definition) is 4. The van der Waals surface area contributed by atoms with Crippen LogP contribution in [0, 0.1) is 34.5 Å². The summed E-state index contributed by atoms with van der Waals surface area (Å²) in [5.74, 6) is -4.74. The standard InChI is InChI=1S/C11H5ClF3N3O2/c1-4-10(18(19)20)9(17-11(12)16-4)5-2-3-6(13)8(15)7(5)14/h2-3H,1H3. The van der Waals surface area contributed by atoms with Gasteiger partial charge in [0.05, 0.1) is 4.92 Å². The molecule has 104 valence electrons. The van der Waals surface area contributed by atoms with Gasteiger partial charge < -0.3 is 0 Å². The zero-order chi connectivity index (χ0) is 15.0. The maximum atomic E-state index is 13.7. The van der Waals surface area contributed by atoms with E-state index in [0.717, 1.165) is 6.07 Å². The first-order valence-corrected chi connectivity index (χ1v) is 5.53. The zero-order valence-corrected chi connectivity index (χ0v) is 10.6. The normalized spacial score (nSPS) is 10.7. The predicted molar refractivity (Wildman–Crippen MR) is 63.7 cm³/mol. The Balaban J connectivity index is 2.82. The van der Waals surface area contributed by atoms with Crippen molar-refractivity contribution in [2.75, 3.05) is 0 Å². The first-order chi connectivity index (χ1) is 9.32. The second-order valence-corrected chi connectivity index (χ2v) is 4.09. The van der Waals surface area contributed by atoms with Gasteiger partial charge in [-0.15, -0.1) is 0 Å². The number of hydrogen-bond donors (Lipinski definition) is 0. The smallest absolute Gasteiger partial charge is 0.258 e. The van der Waals surface area contributed by atoms with Gasteiger partial charge in [0.25, 0.3) is 0 Å². The van der Waals surface area contributed by atoms with Crippen molar-refractivity contribution in [3.05, 3.63) is 50.7 Å². The van der Waals surface area contributed by atoms with Gasteiger partial charge in [-0.3, -0.25) is 10.1 Å². The molecule has 1 heterocycles. The second kappa shape index (κ2) is 5.04. The third-order valence-corrected chi connectivity index (χ3v) is 2.67. The highest BCUT2D eigenvalue weighted by molar-refractivity contribution is 6.28. The zero-order valence-electron chi connectivity index (χ0n) is 9.82. The molecule has 0 amide bonds. The van der Waals surface area contributed by atoms with E-state index >= 15 is 0 Å². The van der Waals surface area contributed by atoms with Crippen molar-refractivity contribution in [1.82, 2.24) is 9.97 Å². The van der Waals surface area contributed by atoms with Gasteiger partial charge in [0.2, 0.25) is 5.28 Å². The third-order valence-electron chi connectivity index (χ3n) is 2.50. The summed E-state index contributed by atoms with van der Waals surface area (Å²) in [5.41, 5.74) is -1.82. The van der Waals surface area contributed by atoms with Crippen molar-refractivity contribution in [2.45, 2.75) is 6.92 Å². The van der Waals surface area contributed by atoms with Crippen LogP contribution < -0.4 is 0 Å². The topological polar surface area (TPSA) is 68.9 Å². The molecule has 0 saturated heterocycles. The fraction of sp³-hybridized carbons (Fsp3) is 0.0909. The fourth-order valence-electron chi connectivity index (χ4n) is 1.65. The molecule has 9 heteroatoms. The minimum atomic E-state index is -1.75. The lowest BCUT2D eigenvalue weighted by Gasteiger charge is -2.07. The first-order valence-electron chi connectivity index (χ1n) is 5.15. The van der Waals surface area contributed by atoms with Gasteiger partial charge in [0.1, 0.15) is 5.69 Å². The van der Waals surface area contributed by atoms with Gasteiger partial charge in [-0.25, -0.2) is 23.1 Å². The fourth-order valence-corrected chi connectivity index (χ4v) is 1.86. The first kappa shape index (κ1) is 14.2. The van der Waals surface area contributed by atoms with E-state index in [1.54, 1.807) is 0 Å². The van der Waals surface area contributed by atoms with Crippen LogP contribution in [0.4, 0.5) is 18.9 Å². The largest absolute Gasteiger partial charge is 0.316 e. The molecule has 0 aliphatic carbocycles. The Bertz CT molecular complexity index is 725. The lowest BCUT2D eigenvalue weighted by atomic mass is 10.1. The second-order valence-electron chi connectivity index (χ2n) is 3.76. The lowest BCUT2D eigenvalue weighted by molar-refractivity contribution is -0.385. The van der Waals surface area contributed by atoms with E-state index < -0.39 is 39.3 Å². The molecule has 0 radical (unpaired) electrons. The monoisotopic (exact) mass is 303 g/mol. The molecule has 0 bridgehead atoms. The van der Waals surface area contributed by atoms with Crippen molar-refractivity contribution in [1.29, 1.82) is 0 Å². The van der Waals surface area contributed by atoms with E-state index in [1.165, 1.54) is 6.92 Å². The molecular formula is C11H5ClF3N3O2. The van der Waals surface area contributed by atoms with E-state index in [-0.39, 0.29) is 11.0 Å². The molecule has 2 aromatic rings. The summed E-state index contributed by atoms with van der Waals surface area (Å²) in [4.78, 5) is 17.3. The van der Waals surface area contributed by atoms with Gasteiger partial charge in [0, 0.05) is 5.56 Å². The average Bonchev–Trinajstić information content (AvgIpc) is 2.34. The Morgan fingerprint density at radius 3 is 2.45 bits per heavy atom. The highest BCUT2D eigenvalue weighted by atomic mass is 35.5. The highest BCUT2D eigenvalue weighted by Crippen LogP contribution is 2.33. The minimum Gasteiger partial charge on any atom is -0.258 e. The van der Waals surface area contributed by atoms with Gasteiger partial charge >= 0.3 is 5.69 Å². The number of aryl methyl sites for hydroxylation is 1. The van der Waals surface area contributed by atoms with E-state index in [1.807, 2.05) is 0 Å². The molecule has 1 aromatic carbocycles. The van der Waals surface area contributed by atoms with Crippen LogP contribution in [0.25, 0.3) is 11.3 Å². The molecule has 0 fully saturated rings. The number of halogens is 4. The summed E-state index contributed by atoms with van der Waals surface area (Å²) in [6.45, 7) is 1.27.